The van der Waals surface area contributed by atoms with Crippen LogP contribution in [-0.4, -0.2) is 40.3 Å². The lowest BCUT2D eigenvalue weighted by Gasteiger charge is -2.19. The normalized spacial score (nSPS) is 14.2. The number of nitrogens with one attached hydrogen (secondary N) is 1. The smallest absolute Gasteiger partial charge is 0.335 e. The number of nitrogens with two attached hydrogens (primary N) is 1. The molecule has 0 unspecified atom stereocenters. The van der Waals surface area contributed by atoms with E-state index >= 15 is 0 Å². The number of benzene rings is 1. The van der Waals surface area contributed by atoms with Crippen LogP contribution in [0.5, 0.6) is 0 Å². The highest BCUT2D eigenvalue weighted by molar-refractivity contribution is 6.33. The van der Waals surface area contributed by atoms with Crippen molar-refractivity contribution in [3.8, 4) is 0 Å². The summed E-state index contributed by atoms with van der Waals surface area (Å²) in [6.07, 6.45) is 3.60. The Morgan fingerprint density at radius 2 is 2.04 bits per heavy atom. The Bertz CT molecular complexity index is 868. The first kappa shape index (κ1) is 18.2. The lowest BCUT2D eigenvalue weighted by atomic mass is 10.2. The molecule has 0 aliphatic carbocycles. The lowest BCUT2D eigenvalue weighted by Crippen LogP contribution is -2.22. The molecule has 1 aliphatic heterocycles. The van der Waals surface area contributed by atoms with Crippen molar-refractivity contribution in [1.82, 2.24) is 9.97 Å². The Labute approximate surface area is 159 Å². The number of nitrogens with zero attached hydrogens (tertiary/aromatic N) is 4. The van der Waals surface area contributed by atoms with Crippen molar-refractivity contribution in [2.75, 3.05) is 29.1 Å². The quantitative estimate of drug-likeness (QED) is 0.405. The molecule has 1 saturated heterocycles. The molecule has 8 nitrogen and oxygen atoms in total. The molecule has 1 aromatic carbocycles. The van der Waals surface area contributed by atoms with Gasteiger partial charge in [-0.25, -0.2) is 9.78 Å². The predicted octanol–water partition coefficient (Wildman–Crippen LogP) is 3.11. The number of carboxylic acids is 1. The molecule has 0 bridgehead atoms. The highest BCUT2D eigenvalue weighted by atomic mass is 35.5. The summed E-state index contributed by atoms with van der Waals surface area (Å²) in [5, 5.41) is 13.7. The van der Waals surface area contributed by atoms with Crippen molar-refractivity contribution in [1.29, 1.82) is 0 Å². The van der Waals surface area contributed by atoms with Crippen molar-refractivity contribution in [2.45, 2.75) is 12.8 Å². The zero-order valence-electron chi connectivity index (χ0n) is 13.6. The van der Waals surface area contributed by atoms with Gasteiger partial charge in [-0.05, 0) is 31.0 Å². The second kappa shape index (κ2) is 7.76. The largest absolute Gasteiger partial charge is 0.478 e. The minimum absolute atomic E-state index is 0.0960. The minimum Gasteiger partial charge on any atom is -0.478 e. The SMILES string of the molecule is Nc1nc(Cl)c(C=NNc2cc(C(=O)O)ccc2Cl)c(N2CCCC2)n1. The highest BCUT2D eigenvalue weighted by Crippen LogP contribution is 2.27. The third kappa shape index (κ3) is 3.97. The Balaban J connectivity index is 1.87. The van der Waals surface area contributed by atoms with Crippen LogP contribution in [0.4, 0.5) is 17.5 Å². The fourth-order valence-electron chi connectivity index (χ4n) is 2.64. The molecule has 0 spiro atoms. The van der Waals surface area contributed by atoms with Gasteiger partial charge in [-0.1, -0.05) is 23.2 Å². The van der Waals surface area contributed by atoms with Crippen LogP contribution in [0.25, 0.3) is 0 Å². The van der Waals surface area contributed by atoms with Crippen molar-refractivity contribution in [3.05, 3.63) is 39.5 Å². The number of rotatable bonds is 5. The van der Waals surface area contributed by atoms with Crippen molar-refractivity contribution < 1.29 is 9.90 Å². The third-order valence-electron chi connectivity index (χ3n) is 3.89. The second-order valence-corrected chi connectivity index (χ2v) is 6.44. The highest BCUT2D eigenvalue weighted by Gasteiger charge is 2.20. The molecule has 4 N–H and O–H groups in total. The average molecular weight is 395 g/mol. The molecule has 26 heavy (non-hydrogen) atoms. The molecule has 2 heterocycles. The second-order valence-electron chi connectivity index (χ2n) is 5.67. The lowest BCUT2D eigenvalue weighted by molar-refractivity contribution is 0.0697. The van der Waals surface area contributed by atoms with E-state index in [2.05, 4.69) is 25.4 Å². The Kier molecular flexibility index (Phi) is 5.43. The van der Waals surface area contributed by atoms with Gasteiger partial charge in [-0.2, -0.15) is 10.1 Å². The van der Waals surface area contributed by atoms with E-state index in [1.807, 2.05) is 0 Å². The van der Waals surface area contributed by atoms with Crippen LogP contribution in [0.1, 0.15) is 28.8 Å². The van der Waals surface area contributed by atoms with Gasteiger partial charge >= 0.3 is 5.97 Å². The van der Waals surface area contributed by atoms with E-state index in [0.717, 1.165) is 25.9 Å². The van der Waals surface area contributed by atoms with E-state index in [-0.39, 0.29) is 16.7 Å². The molecule has 0 saturated carbocycles. The Hall–Kier alpha value is -2.58. The number of aromatic carboxylic acids is 1. The number of nitrogen functional groups attached to an aromatic ring is 1. The summed E-state index contributed by atoms with van der Waals surface area (Å²) in [5.74, 6) is -0.338. The summed E-state index contributed by atoms with van der Waals surface area (Å²) < 4.78 is 0. The molecule has 0 amide bonds. The number of carbonyl (C=O) groups is 1. The summed E-state index contributed by atoms with van der Waals surface area (Å²) in [6, 6.07) is 4.29. The van der Waals surface area contributed by atoms with E-state index in [1.165, 1.54) is 24.4 Å². The number of hydrogen-bond acceptors (Lipinski definition) is 7. The molecule has 1 fully saturated rings. The maximum atomic E-state index is 11.1. The van der Waals surface area contributed by atoms with E-state index in [4.69, 9.17) is 34.0 Å². The van der Waals surface area contributed by atoms with Crippen LogP contribution >= 0.6 is 23.2 Å². The van der Waals surface area contributed by atoms with Gasteiger partial charge in [0, 0.05) is 13.1 Å². The van der Waals surface area contributed by atoms with Crippen LogP contribution in [0.2, 0.25) is 10.2 Å². The van der Waals surface area contributed by atoms with Crippen molar-refractivity contribution in [3.63, 3.8) is 0 Å². The predicted molar refractivity (Wildman–Crippen MR) is 103 cm³/mol. The molecule has 0 atom stereocenters. The first-order valence-corrected chi connectivity index (χ1v) is 8.61. The average Bonchev–Trinajstić information content (AvgIpc) is 3.12. The van der Waals surface area contributed by atoms with Crippen LogP contribution in [0, 0.1) is 0 Å². The van der Waals surface area contributed by atoms with E-state index in [1.54, 1.807) is 0 Å². The molecular formula is C16H16Cl2N6O2. The standard InChI is InChI=1S/C16H16Cl2N6O2/c17-11-4-3-9(15(25)26)7-12(11)23-20-8-10-13(18)21-16(19)22-14(10)24-5-1-2-6-24/h3-4,7-8,23H,1-2,5-6H2,(H,25,26)(H2,19,21,22). The van der Waals surface area contributed by atoms with E-state index < -0.39 is 5.97 Å². The van der Waals surface area contributed by atoms with Gasteiger partial charge in [-0.15, -0.1) is 0 Å². The number of halogens is 2. The van der Waals surface area contributed by atoms with Gasteiger partial charge < -0.3 is 15.7 Å². The topological polar surface area (TPSA) is 117 Å². The number of anilines is 3. The summed E-state index contributed by atoms with van der Waals surface area (Å²) >= 11 is 12.3. The third-order valence-corrected chi connectivity index (χ3v) is 4.51. The van der Waals surface area contributed by atoms with Gasteiger partial charge in [0.2, 0.25) is 5.95 Å². The van der Waals surface area contributed by atoms with Crippen LogP contribution in [0.15, 0.2) is 23.3 Å². The van der Waals surface area contributed by atoms with Gasteiger partial charge in [0.05, 0.1) is 28.1 Å². The molecule has 136 valence electrons. The molecular weight excluding hydrogens is 379 g/mol. The molecule has 0 radical (unpaired) electrons. The maximum Gasteiger partial charge on any atom is 0.335 e. The zero-order valence-corrected chi connectivity index (χ0v) is 15.1. The van der Waals surface area contributed by atoms with Gasteiger partial charge in [-0.3, -0.25) is 5.43 Å². The van der Waals surface area contributed by atoms with E-state index in [0.29, 0.717) is 22.1 Å². The number of hydrazone groups is 1. The minimum atomic E-state index is -1.06. The number of hydrogen-bond donors (Lipinski definition) is 3. The monoisotopic (exact) mass is 394 g/mol. The van der Waals surface area contributed by atoms with Crippen molar-refractivity contribution >= 4 is 52.8 Å². The first-order chi connectivity index (χ1) is 12.5. The van der Waals surface area contributed by atoms with Gasteiger partial charge in [0.15, 0.2) is 0 Å². The van der Waals surface area contributed by atoms with Crippen LogP contribution in [0.3, 0.4) is 0 Å². The van der Waals surface area contributed by atoms with Crippen LogP contribution in [-0.2, 0) is 0 Å². The fourth-order valence-corrected chi connectivity index (χ4v) is 3.02. The molecule has 10 heteroatoms. The van der Waals surface area contributed by atoms with E-state index in [9.17, 15) is 4.79 Å². The van der Waals surface area contributed by atoms with Gasteiger partial charge in [0.25, 0.3) is 0 Å². The molecule has 2 aromatic rings. The van der Waals surface area contributed by atoms with Crippen LogP contribution < -0.4 is 16.1 Å². The summed E-state index contributed by atoms with van der Waals surface area (Å²) in [4.78, 5) is 21.4. The Morgan fingerprint density at radius 1 is 1.31 bits per heavy atom. The number of carboxylic acid groups (broad SMARTS) is 1. The zero-order chi connectivity index (χ0) is 18.7. The molecule has 3 rings (SSSR count). The molecule has 1 aliphatic rings. The van der Waals surface area contributed by atoms with Crippen molar-refractivity contribution in [2.24, 2.45) is 5.10 Å². The molecule has 1 aromatic heterocycles. The summed E-state index contributed by atoms with van der Waals surface area (Å²) in [6.45, 7) is 1.71. The fraction of sp³-hybridized carbons (Fsp3) is 0.250. The summed E-state index contributed by atoms with van der Waals surface area (Å²) in [5.41, 5.74) is 9.42. The van der Waals surface area contributed by atoms with Gasteiger partial charge in [0.1, 0.15) is 11.0 Å². The maximum absolute atomic E-state index is 11.1. The summed E-state index contributed by atoms with van der Waals surface area (Å²) in [7, 11) is 0. The Morgan fingerprint density at radius 3 is 2.73 bits per heavy atom. The first-order valence-electron chi connectivity index (χ1n) is 7.85. The number of aromatic nitrogens is 2.